The second-order valence-corrected chi connectivity index (χ2v) is 12.0. The van der Waals surface area contributed by atoms with Crippen LogP contribution in [0.15, 0.2) is 48.5 Å². The first-order valence-corrected chi connectivity index (χ1v) is 15.1. The molecule has 2 N–H and O–H groups in total. The zero-order valence-corrected chi connectivity index (χ0v) is 26.4. The predicted molar refractivity (Wildman–Crippen MR) is 166 cm³/mol. The van der Waals surface area contributed by atoms with Crippen molar-refractivity contribution in [3.05, 3.63) is 70.8 Å². The first-order chi connectivity index (χ1) is 19.4. The van der Waals surface area contributed by atoms with Crippen LogP contribution in [0.2, 0.25) is 0 Å². The number of benzene rings is 2. The highest BCUT2D eigenvalue weighted by atomic mass is 16.6. The number of alkyl carbamates (subject to hydrolysis) is 1. The number of unbranched alkanes of at least 4 members (excludes halogenated alkanes) is 2. The second kappa shape index (κ2) is 16.2. The number of hydrogen-bond acceptors (Lipinski definition) is 4. The van der Waals surface area contributed by atoms with E-state index in [9.17, 15) is 14.4 Å². The Bertz CT molecular complexity index is 1130. The highest BCUT2D eigenvalue weighted by Gasteiger charge is 2.37. The monoisotopic (exact) mass is 565 g/mol. The molecule has 3 atom stereocenters. The summed E-state index contributed by atoms with van der Waals surface area (Å²) >= 11 is 0. The van der Waals surface area contributed by atoms with Gasteiger partial charge < -0.3 is 20.3 Å². The smallest absolute Gasteiger partial charge is 0.408 e. The molecule has 2 aromatic rings. The van der Waals surface area contributed by atoms with Crippen molar-refractivity contribution in [1.29, 1.82) is 0 Å². The second-order valence-electron chi connectivity index (χ2n) is 12.0. The van der Waals surface area contributed by atoms with Crippen molar-refractivity contribution in [2.75, 3.05) is 6.54 Å². The van der Waals surface area contributed by atoms with E-state index in [1.54, 1.807) is 25.7 Å². The Hall–Kier alpha value is -3.35. The number of nitrogens with one attached hydrogen (secondary N) is 2. The van der Waals surface area contributed by atoms with Crippen molar-refractivity contribution in [3.8, 4) is 0 Å². The molecule has 0 radical (unpaired) electrons. The molecule has 0 aliphatic rings. The maximum atomic E-state index is 14.5. The largest absolute Gasteiger partial charge is 0.444 e. The molecule has 0 aliphatic heterocycles. The standard InChI is InChI=1S/C34H51N3O4/c1-9-11-15-22-37(30(31(38)35-25(4)17-10-2)28-21-16-18-24(3)26(28)5)32(39)29(23-27-19-13-12-14-20-27)36-33(40)41-34(6,7)8/h12-14,16,18-21,25,29-30H,9-11,15,17,22-23H2,1-8H3,(H,35,38)(H,36,40). The summed E-state index contributed by atoms with van der Waals surface area (Å²) in [7, 11) is 0. The molecule has 2 aromatic carbocycles. The zero-order chi connectivity index (χ0) is 30.6. The van der Waals surface area contributed by atoms with Crippen molar-refractivity contribution in [2.24, 2.45) is 0 Å². The van der Waals surface area contributed by atoms with Crippen molar-refractivity contribution in [3.63, 3.8) is 0 Å². The van der Waals surface area contributed by atoms with Crippen LogP contribution in [0, 0.1) is 13.8 Å². The van der Waals surface area contributed by atoms with Crippen molar-refractivity contribution in [2.45, 2.75) is 118 Å². The summed E-state index contributed by atoms with van der Waals surface area (Å²) in [5, 5.41) is 6.01. The van der Waals surface area contributed by atoms with Gasteiger partial charge in [-0.1, -0.05) is 81.6 Å². The molecule has 0 saturated heterocycles. The predicted octanol–water partition coefficient (Wildman–Crippen LogP) is 6.80. The Balaban J connectivity index is 2.61. The van der Waals surface area contributed by atoms with Gasteiger partial charge in [0.05, 0.1) is 0 Å². The fourth-order valence-electron chi connectivity index (χ4n) is 4.95. The first kappa shape index (κ1) is 33.9. The zero-order valence-electron chi connectivity index (χ0n) is 26.4. The van der Waals surface area contributed by atoms with Gasteiger partial charge in [0.25, 0.3) is 0 Å². The van der Waals surface area contributed by atoms with Crippen LogP contribution >= 0.6 is 0 Å². The molecule has 0 heterocycles. The van der Waals surface area contributed by atoms with Gasteiger partial charge in [-0.2, -0.15) is 0 Å². The third-order valence-electron chi connectivity index (χ3n) is 7.17. The number of carbonyl (C=O) groups excluding carboxylic acids is 3. The maximum absolute atomic E-state index is 14.5. The van der Waals surface area contributed by atoms with E-state index in [1.807, 2.05) is 69.3 Å². The molecule has 41 heavy (non-hydrogen) atoms. The number of carbonyl (C=O) groups is 3. The molecule has 0 fully saturated rings. The van der Waals surface area contributed by atoms with E-state index in [0.717, 1.165) is 54.4 Å². The van der Waals surface area contributed by atoms with Crippen LogP contribution < -0.4 is 10.6 Å². The SMILES string of the molecule is CCCCCN(C(=O)C(Cc1ccccc1)NC(=O)OC(C)(C)C)C(C(=O)NC(C)CCC)c1cccc(C)c1C. The molecular formula is C34H51N3O4. The average Bonchev–Trinajstić information content (AvgIpc) is 2.89. The fourth-order valence-corrected chi connectivity index (χ4v) is 4.95. The van der Waals surface area contributed by atoms with Crippen LogP contribution in [0.25, 0.3) is 0 Å². The Morgan fingerprint density at radius 1 is 0.902 bits per heavy atom. The van der Waals surface area contributed by atoms with Gasteiger partial charge in [-0.3, -0.25) is 9.59 Å². The van der Waals surface area contributed by atoms with E-state index in [2.05, 4.69) is 24.5 Å². The Labute approximate surface area is 247 Å². The van der Waals surface area contributed by atoms with Crippen molar-refractivity contribution < 1.29 is 19.1 Å². The summed E-state index contributed by atoms with van der Waals surface area (Å²) in [5.41, 5.74) is 3.01. The van der Waals surface area contributed by atoms with Gasteiger partial charge in [-0.25, -0.2) is 4.79 Å². The van der Waals surface area contributed by atoms with Crippen LogP contribution in [0.4, 0.5) is 4.79 Å². The van der Waals surface area contributed by atoms with Crippen molar-refractivity contribution >= 4 is 17.9 Å². The summed E-state index contributed by atoms with van der Waals surface area (Å²) in [6.45, 7) is 15.9. The lowest BCUT2D eigenvalue weighted by atomic mass is 9.94. The molecule has 7 heteroatoms. The number of amides is 3. The van der Waals surface area contributed by atoms with Gasteiger partial charge >= 0.3 is 6.09 Å². The van der Waals surface area contributed by atoms with Gasteiger partial charge in [0.15, 0.2) is 0 Å². The van der Waals surface area contributed by atoms with Gasteiger partial charge in [-0.05, 0) is 76.6 Å². The first-order valence-electron chi connectivity index (χ1n) is 15.1. The molecule has 0 aromatic heterocycles. The number of nitrogens with zero attached hydrogens (tertiary/aromatic N) is 1. The summed E-state index contributed by atoms with van der Waals surface area (Å²) in [4.78, 5) is 43.2. The molecule has 0 spiro atoms. The van der Waals surface area contributed by atoms with Crippen LogP contribution in [0.5, 0.6) is 0 Å². The minimum absolute atomic E-state index is 0.0345. The van der Waals surface area contributed by atoms with Crippen LogP contribution in [-0.2, 0) is 20.7 Å². The van der Waals surface area contributed by atoms with Gasteiger partial charge in [0, 0.05) is 19.0 Å². The lowest BCUT2D eigenvalue weighted by Gasteiger charge is -2.36. The van der Waals surface area contributed by atoms with Crippen LogP contribution in [0.3, 0.4) is 0 Å². The van der Waals surface area contributed by atoms with E-state index in [-0.39, 0.29) is 24.3 Å². The molecule has 0 saturated carbocycles. The lowest BCUT2D eigenvalue weighted by molar-refractivity contribution is -0.142. The minimum Gasteiger partial charge on any atom is -0.444 e. The number of aryl methyl sites for hydroxylation is 1. The Morgan fingerprint density at radius 2 is 1.59 bits per heavy atom. The van der Waals surface area contributed by atoms with Crippen molar-refractivity contribution in [1.82, 2.24) is 15.5 Å². The van der Waals surface area contributed by atoms with Crippen LogP contribution in [0.1, 0.15) is 102 Å². The van der Waals surface area contributed by atoms with Gasteiger partial charge in [-0.15, -0.1) is 0 Å². The highest BCUT2D eigenvalue weighted by Crippen LogP contribution is 2.28. The Morgan fingerprint density at radius 3 is 2.20 bits per heavy atom. The molecular weight excluding hydrogens is 514 g/mol. The summed E-state index contributed by atoms with van der Waals surface area (Å²) in [6, 6.07) is 13.7. The number of rotatable bonds is 14. The molecule has 2 rings (SSSR count). The van der Waals surface area contributed by atoms with E-state index in [4.69, 9.17) is 4.74 Å². The Kier molecular flexibility index (Phi) is 13.4. The summed E-state index contributed by atoms with van der Waals surface area (Å²) < 4.78 is 5.54. The van der Waals surface area contributed by atoms with E-state index in [1.165, 1.54) is 0 Å². The third kappa shape index (κ3) is 10.9. The number of ether oxygens (including phenoxy) is 1. The van der Waals surface area contributed by atoms with E-state index < -0.39 is 23.8 Å². The number of hydrogen-bond donors (Lipinski definition) is 2. The third-order valence-corrected chi connectivity index (χ3v) is 7.17. The maximum Gasteiger partial charge on any atom is 0.408 e. The van der Waals surface area contributed by atoms with E-state index >= 15 is 0 Å². The molecule has 0 bridgehead atoms. The highest BCUT2D eigenvalue weighted by molar-refractivity contribution is 5.92. The summed E-state index contributed by atoms with van der Waals surface area (Å²) in [5.74, 6) is -0.514. The molecule has 0 aliphatic carbocycles. The van der Waals surface area contributed by atoms with E-state index in [0.29, 0.717) is 6.54 Å². The average molecular weight is 566 g/mol. The lowest BCUT2D eigenvalue weighted by Crippen LogP contribution is -2.54. The minimum atomic E-state index is -0.914. The van der Waals surface area contributed by atoms with Crippen LogP contribution in [-0.4, -0.2) is 47.0 Å². The molecule has 3 amide bonds. The molecule has 3 unspecified atom stereocenters. The summed E-state index contributed by atoms with van der Waals surface area (Å²) in [6.07, 6.45) is 4.02. The van der Waals surface area contributed by atoms with Gasteiger partial charge in [0.1, 0.15) is 17.7 Å². The fraction of sp³-hybridized carbons (Fsp3) is 0.559. The topological polar surface area (TPSA) is 87.7 Å². The normalized spacial score (nSPS) is 13.6. The molecule has 7 nitrogen and oxygen atoms in total. The van der Waals surface area contributed by atoms with Gasteiger partial charge in [0.2, 0.25) is 11.8 Å². The molecule has 226 valence electrons. The quantitative estimate of drug-likeness (QED) is 0.247.